The quantitative estimate of drug-likeness (QED) is 0.573. The van der Waals surface area contributed by atoms with Crippen molar-refractivity contribution in [3.05, 3.63) is 0 Å². The van der Waals surface area contributed by atoms with E-state index in [2.05, 4.69) is 39.5 Å². The molecule has 2 nitrogen and oxygen atoms in total. The van der Waals surface area contributed by atoms with Crippen molar-refractivity contribution >= 4 is 0 Å². The lowest BCUT2D eigenvalue weighted by atomic mass is 9.92. The van der Waals surface area contributed by atoms with Crippen LogP contribution in [0, 0.1) is 5.41 Å². The summed E-state index contributed by atoms with van der Waals surface area (Å²) in [6.07, 6.45) is 0. The van der Waals surface area contributed by atoms with Crippen LogP contribution in [0.2, 0.25) is 0 Å². The van der Waals surface area contributed by atoms with E-state index >= 15 is 0 Å². The minimum Gasteiger partial charge on any atom is -0.380 e. The maximum Gasteiger partial charge on any atom is 0.0593 e. The van der Waals surface area contributed by atoms with Crippen molar-refractivity contribution in [2.24, 2.45) is 5.41 Å². The first-order valence-corrected chi connectivity index (χ1v) is 5.14. The van der Waals surface area contributed by atoms with Gasteiger partial charge < -0.3 is 4.74 Å². The highest BCUT2D eigenvalue weighted by Gasteiger charge is 2.30. The molecule has 2 heteroatoms. The Morgan fingerprint density at radius 3 is 2.38 bits per heavy atom. The van der Waals surface area contributed by atoms with Gasteiger partial charge in [-0.05, 0) is 20.8 Å². The Balaban J connectivity index is 2.65. The third-order valence-corrected chi connectivity index (χ3v) is 2.57. The zero-order chi connectivity index (χ0) is 10.1. The summed E-state index contributed by atoms with van der Waals surface area (Å²) in [5.41, 5.74) is 0.564. The summed E-state index contributed by atoms with van der Waals surface area (Å²) >= 11 is 0. The zero-order valence-electron chi connectivity index (χ0n) is 9.68. The van der Waals surface area contributed by atoms with Crippen molar-refractivity contribution in [3.8, 4) is 0 Å². The van der Waals surface area contributed by atoms with Crippen molar-refractivity contribution < 1.29 is 4.74 Å². The van der Waals surface area contributed by atoms with Gasteiger partial charge in [0.2, 0.25) is 0 Å². The third kappa shape index (κ3) is 3.28. The van der Waals surface area contributed by atoms with Gasteiger partial charge in [-0.25, -0.2) is 0 Å². The highest BCUT2D eigenvalue weighted by Crippen LogP contribution is 2.25. The Labute approximate surface area is 82.3 Å². The Morgan fingerprint density at radius 2 is 1.85 bits per heavy atom. The Morgan fingerprint density at radius 1 is 1.23 bits per heavy atom. The van der Waals surface area contributed by atoms with Crippen LogP contribution < -0.4 is 0 Å². The molecular formula is C11H23NO. The second-order valence-electron chi connectivity index (χ2n) is 5.81. The molecule has 0 aromatic rings. The van der Waals surface area contributed by atoms with Gasteiger partial charge in [0.1, 0.15) is 0 Å². The minimum atomic E-state index is 0.269. The molecule has 1 rings (SSSR count). The first-order chi connectivity index (χ1) is 5.81. The smallest absolute Gasteiger partial charge is 0.0593 e. The predicted octanol–water partition coefficient (Wildman–Crippen LogP) is 2.14. The van der Waals surface area contributed by atoms with Crippen LogP contribution >= 0.6 is 0 Å². The maximum atomic E-state index is 5.59. The molecule has 0 aromatic heterocycles. The molecule has 0 saturated carbocycles. The fourth-order valence-corrected chi connectivity index (χ4v) is 1.74. The number of hydrogen-bond donors (Lipinski definition) is 0. The van der Waals surface area contributed by atoms with Crippen molar-refractivity contribution in [1.29, 1.82) is 0 Å². The third-order valence-electron chi connectivity index (χ3n) is 2.57. The summed E-state index contributed by atoms with van der Waals surface area (Å²) in [5, 5.41) is 0. The zero-order valence-corrected chi connectivity index (χ0v) is 9.68. The van der Waals surface area contributed by atoms with Gasteiger partial charge in [0.05, 0.1) is 13.2 Å². The molecule has 0 aliphatic carbocycles. The van der Waals surface area contributed by atoms with Crippen LogP contribution in [-0.4, -0.2) is 36.7 Å². The van der Waals surface area contributed by atoms with Gasteiger partial charge in [-0.3, -0.25) is 4.90 Å². The lowest BCUT2D eigenvalue weighted by Gasteiger charge is -2.38. The number of rotatable bonds is 0. The Bertz CT molecular complexity index is 169. The van der Waals surface area contributed by atoms with Crippen molar-refractivity contribution in [2.75, 3.05) is 26.3 Å². The highest BCUT2D eigenvalue weighted by molar-refractivity contribution is 4.83. The van der Waals surface area contributed by atoms with Crippen LogP contribution in [0.25, 0.3) is 0 Å². The van der Waals surface area contributed by atoms with Gasteiger partial charge in [-0.2, -0.15) is 0 Å². The molecule has 0 radical (unpaired) electrons. The molecule has 0 unspecified atom stereocenters. The van der Waals surface area contributed by atoms with Crippen LogP contribution in [0.3, 0.4) is 0 Å². The Hall–Kier alpha value is -0.0800. The SMILES string of the molecule is CC1(C)COCCN(C(C)(C)C)C1. The summed E-state index contributed by atoms with van der Waals surface area (Å²) in [6.45, 7) is 15.3. The lowest BCUT2D eigenvalue weighted by molar-refractivity contribution is 0.0858. The molecule has 0 spiro atoms. The largest absolute Gasteiger partial charge is 0.380 e. The molecule has 0 atom stereocenters. The number of hydrogen-bond acceptors (Lipinski definition) is 2. The van der Waals surface area contributed by atoms with E-state index in [1.54, 1.807) is 0 Å². The molecule has 1 fully saturated rings. The van der Waals surface area contributed by atoms with E-state index in [4.69, 9.17) is 4.74 Å². The van der Waals surface area contributed by atoms with Crippen molar-refractivity contribution in [2.45, 2.75) is 40.2 Å². The van der Waals surface area contributed by atoms with Gasteiger partial charge in [0.15, 0.2) is 0 Å². The van der Waals surface area contributed by atoms with Gasteiger partial charge in [0, 0.05) is 24.0 Å². The molecule has 1 heterocycles. The lowest BCUT2D eigenvalue weighted by Crippen LogP contribution is -2.46. The highest BCUT2D eigenvalue weighted by atomic mass is 16.5. The van der Waals surface area contributed by atoms with E-state index < -0.39 is 0 Å². The summed E-state index contributed by atoms with van der Waals surface area (Å²) in [5.74, 6) is 0. The first kappa shape index (κ1) is 11.0. The standard InChI is InChI=1S/C11H23NO/c1-10(2,3)12-6-7-13-9-11(4,5)8-12/h6-9H2,1-5H3. The minimum absolute atomic E-state index is 0.269. The molecule has 78 valence electrons. The molecule has 1 aliphatic heterocycles. The van der Waals surface area contributed by atoms with E-state index in [0.29, 0.717) is 5.41 Å². The van der Waals surface area contributed by atoms with Crippen LogP contribution in [0.1, 0.15) is 34.6 Å². The number of nitrogens with zero attached hydrogens (tertiary/aromatic N) is 1. The second kappa shape index (κ2) is 3.58. The fraction of sp³-hybridized carbons (Fsp3) is 1.00. The molecule has 13 heavy (non-hydrogen) atoms. The van der Waals surface area contributed by atoms with Gasteiger partial charge >= 0.3 is 0 Å². The average molecular weight is 185 g/mol. The molecule has 1 saturated heterocycles. The average Bonchev–Trinajstić information content (AvgIpc) is 2.08. The van der Waals surface area contributed by atoms with Crippen molar-refractivity contribution in [3.63, 3.8) is 0 Å². The fourth-order valence-electron chi connectivity index (χ4n) is 1.74. The molecule has 0 bridgehead atoms. The summed E-state index contributed by atoms with van der Waals surface area (Å²) in [7, 11) is 0. The molecular weight excluding hydrogens is 162 g/mol. The Kier molecular flexibility index (Phi) is 3.03. The normalized spacial score (nSPS) is 25.6. The first-order valence-electron chi connectivity index (χ1n) is 5.14. The predicted molar refractivity (Wildman–Crippen MR) is 55.9 cm³/mol. The van der Waals surface area contributed by atoms with Gasteiger partial charge in [0.25, 0.3) is 0 Å². The maximum absolute atomic E-state index is 5.59. The van der Waals surface area contributed by atoms with E-state index in [1.807, 2.05) is 0 Å². The molecule has 0 N–H and O–H groups in total. The molecule has 0 amide bonds. The topological polar surface area (TPSA) is 12.5 Å². The van der Waals surface area contributed by atoms with Gasteiger partial charge in [-0.15, -0.1) is 0 Å². The van der Waals surface area contributed by atoms with E-state index in [1.165, 1.54) is 0 Å². The monoisotopic (exact) mass is 185 g/mol. The molecule has 1 aliphatic rings. The number of ether oxygens (including phenoxy) is 1. The van der Waals surface area contributed by atoms with Crippen LogP contribution in [0.4, 0.5) is 0 Å². The van der Waals surface area contributed by atoms with E-state index in [9.17, 15) is 0 Å². The summed E-state index contributed by atoms with van der Waals surface area (Å²) in [4.78, 5) is 2.51. The van der Waals surface area contributed by atoms with Crippen LogP contribution in [0.5, 0.6) is 0 Å². The second-order valence-corrected chi connectivity index (χ2v) is 5.81. The van der Waals surface area contributed by atoms with E-state index in [-0.39, 0.29) is 5.54 Å². The molecule has 0 aromatic carbocycles. The summed E-state index contributed by atoms with van der Waals surface area (Å²) < 4.78 is 5.59. The van der Waals surface area contributed by atoms with Crippen LogP contribution in [-0.2, 0) is 4.74 Å². The van der Waals surface area contributed by atoms with Gasteiger partial charge in [-0.1, -0.05) is 13.8 Å². The van der Waals surface area contributed by atoms with Crippen molar-refractivity contribution in [1.82, 2.24) is 4.90 Å². The summed E-state index contributed by atoms with van der Waals surface area (Å²) in [6, 6.07) is 0. The van der Waals surface area contributed by atoms with E-state index in [0.717, 1.165) is 26.3 Å². The van der Waals surface area contributed by atoms with Crippen LogP contribution in [0.15, 0.2) is 0 Å².